The summed E-state index contributed by atoms with van der Waals surface area (Å²) >= 11 is 0. The largest absolute Gasteiger partial charge is 0.322 e. The first-order chi connectivity index (χ1) is 6.56. The minimum atomic E-state index is -1.63. The fourth-order valence-corrected chi connectivity index (χ4v) is 0.824. The van der Waals surface area contributed by atoms with Gasteiger partial charge in [0, 0.05) is 0 Å². The van der Waals surface area contributed by atoms with E-state index in [0.29, 0.717) is 6.07 Å². The van der Waals surface area contributed by atoms with Crippen molar-refractivity contribution in [1.82, 2.24) is 0 Å². The third-order valence-electron chi connectivity index (χ3n) is 1.49. The number of benzene rings is 1. The summed E-state index contributed by atoms with van der Waals surface area (Å²) in [5.41, 5.74) is 4.50. The molecule has 0 radical (unpaired) electrons. The van der Waals surface area contributed by atoms with Crippen LogP contribution in [0.15, 0.2) is 12.1 Å². The van der Waals surface area contributed by atoms with Crippen molar-refractivity contribution < 1.29 is 18.0 Å². The highest BCUT2D eigenvalue weighted by atomic mass is 19.2. The van der Waals surface area contributed by atoms with E-state index in [1.807, 2.05) is 5.32 Å². The molecular weight excluding hydrogens is 197 g/mol. The number of rotatable bonds is 2. The van der Waals surface area contributed by atoms with Gasteiger partial charge in [-0.2, -0.15) is 0 Å². The van der Waals surface area contributed by atoms with Crippen LogP contribution in [-0.4, -0.2) is 12.5 Å². The lowest BCUT2D eigenvalue weighted by atomic mass is 10.3. The molecule has 0 aromatic heterocycles. The maximum atomic E-state index is 12.9. The van der Waals surface area contributed by atoms with Gasteiger partial charge in [-0.3, -0.25) is 4.79 Å². The molecule has 0 aliphatic heterocycles. The number of carbonyl (C=O) groups excluding carboxylic acids is 1. The highest BCUT2D eigenvalue weighted by Gasteiger charge is 2.14. The van der Waals surface area contributed by atoms with Crippen molar-refractivity contribution in [3.63, 3.8) is 0 Å². The Balaban J connectivity index is 3.00. The zero-order chi connectivity index (χ0) is 10.7. The van der Waals surface area contributed by atoms with Crippen LogP contribution in [0.2, 0.25) is 0 Å². The molecule has 0 saturated carbocycles. The molecule has 0 aliphatic carbocycles. The van der Waals surface area contributed by atoms with Crippen LogP contribution in [0.1, 0.15) is 0 Å². The Labute approximate surface area is 77.7 Å². The van der Waals surface area contributed by atoms with Crippen molar-refractivity contribution in [2.75, 3.05) is 11.9 Å². The molecular formula is C8H7F3N2O. The van der Waals surface area contributed by atoms with Gasteiger partial charge in [0.1, 0.15) is 0 Å². The summed E-state index contributed by atoms with van der Waals surface area (Å²) in [6.07, 6.45) is 0. The maximum Gasteiger partial charge on any atom is 0.238 e. The van der Waals surface area contributed by atoms with Crippen LogP contribution in [0, 0.1) is 17.5 Å². The Morgan fingerprint density at radius 1 is 1.29 bits per heavy atom. The molecule has 0 spiro atoms. The average molecular weight is 204 g/mol. The lowest BCUT2D eigenvalue weighted by Crippen LogP contribution is -2.22. The third kappa shape index (κ3) is 2.02. The summed E-state index contributed by atoms with van der Waals surface area (Å²) in [6, 6.07) is 1.63. The van der Waals surface area contributed by atoms with Gasteiger partial charge in [0.25, 0.3) is 0 Å². The minimum Gasteiger partial charge on any atom is -0.322 e. The standard InChI is InChI=1S/C8H7F3N2O/c9-4-1-2-5(8(11)7(4)10)13-6(14)3-12/h1-2H,3,12H2,(H,13,14). The second-order valence-electron chi connectivity index (χ2n) is 2.48. The molecule has 3 nitrogen and oxygen atoms in total. The van der Waals surface area contributed by atoms with Crippen LogP contribution < -0.4 is 11.1 Å². The second kappa shape index (κ2) is 4.10. The van der Waals surface area contributed by atoms with Crippen LogP contribution in [0.25, 0.3) is 0 Å². The molecule has 1 rings (SSSR count). The Morgan fingerprint density at radius 2 is 1.93 bits per heavy atom. The highest BCUT2D eigenvalue weighted by Crippen LogP contribution is 2.19. The third-order valence-corrected chi connectivity index (χ3v) is 1.49. The van der Waals surface area contributed by atoms with E-state index < -0.39 is 29.0 Å². The van der Waals surface area contributed by atoms with E-state index in [4.69, 9.17) is 5.73 Å². The van der Waals surface area contributed by atoms with Crippen molar-refractivity contribution in [1.29, 1.82) is 0 Å². The fraction of sp³-hybridized carbons (Fsp3) is 0.125. The zero-order valence-corrected chi connectivity index (χ0v) is 6.98. The monoisotopic (exact) mass is 204 g/mol. The number of hydrogen-bond acceptors (Lipinski definition) is 2. The van der Waals surface area contributed by atoms with Gasteiger partial charge in [0.2, 0.25) is 5.91 Å². The Kier molecular flexibility index (Phi) is 3.08. The second-order valence-corrected chi connectivity index (χ2v) is 2.48. The minimum absolute atomic E-state index is 0.363. The molecule has 0 atom stereocenters. The topological polar surface area (TPSA) is 55.1 Å². The van der Waals surface area contributed by atoms with Gasteiger partial charge in [0.15, 0.2) is 17.5 Å². The summed E-state index contributed by atoms with van der Waals surface area (Å²) in [6.45, 7) is -0.363. The van der Waals surface area contributed by atoms with Crippen molar-refractivity contribution in [2.45, 2.75) is 0 Å². The molecule has 14 heavy (non-hydrogen) atoms. The average Bonchev–Trinajstić information content (AvgIpc) is 2.19. The number of nitrogens with two attached hydrogens (primary N) is 1. The quantitative estimate of drug-likeness (QED) is 0.706. The van der Waals surface area contributed by atoms with Crippen molar-refractivity contribution in [3.05, 3.63) is 29.6 Å². The summed E-state index contributed by atoms with van der Waals surface area (Å²) < 4.78 is 37.9. The predicted molar refractivity (Wildman–Crippen MR) is 44.0 cm³/mol. The van der Waals surface area contributed by atoms with Crippen LogP contribution in [0.5, 0.6) is 0 Å². The molecule has 0 fully saturated rings. The van der Waals surface area contributed by atoms with Crippen molar-refractivity contribution in [3.8, 4) is 0 Å². The van der Waals surface area contributed by atoms with E-state index in [9.17, 15) is 18.0 Å². The van der Waals surface area contributed by atoms with Gasteiger partial charge in [-0.15, -0.1) is 0 Å². The molecule has 76 valence electrons. The lowest BCUT2D eigenvalue weighted by molar-refractivity contribution is -0.114. The molecule has 0 saturated heterocycles. The Bertz CT molecular complexity index is 368. The van der Waals surface area contributed by atoms with Crippen LogP contribution in [0.3, 0.4) is 0 Å². The number of carbonyl (C=O) groups is 1. The van der Waals surface area contributed by atoms with E-state index in [1.54, 1.807) is 0 Å². The summed E-state index contributed by atoms with van der Waals surface area (Å²) in [5, 5.41) is 1.98. The normalized spacial score (nSPS) is 10.0. The van der Waals surface area contributed by atoms with E-state index in [2.05, 4.69) is 0 Å². The predicted octanol–water partition coefficient (Wildman–Crippen LogP) is 1.00. The molecule has 0 aliphatic rings. The Hall–Kier alpha value is -1.56. The SMILES string of the molecule is NCC(=O)Nc1ccc(F)c(F)c1F. The zero-order valence-electron chi connectivity index (χ0n) is 6.98. The summed E-state index contributed by atoms with van der Waals surface area (Å²) in [7, 11) is 0. The van der Waals surface area contributed by atoms with E-state index in [1.165, 1.54) is 0 Å². The van der Waals surface area contributed by atoms with Gasteiger partial charge in [-0.05, 0) is 12.1 Å². The van der Waals surface area contributed by atoms with Gasteiger partial charge < -0.3 is 11.1 Å². The van der Waals surface area contributed by atoms with Gasteiger partial charge in [-0.1, -0.05) is 0 Å². The van der Waals surface area contributed by atoms with Crippen molar-refractivity contribution >= 4 is 11.6 Å². The van der Waals surface area contributed by atoms with Crippen LogP contribution in [0.4, 0.5) is 18.9 Å². The number of amides is 1. The number of hydrogen-bond donors (Lipinski definition) is 2. The molecule has 0 unspecified atom stereocenters. The fourth-order valence-electron chi connectivity index (χ4n) is 0.824. The first kappa shape index (κ1) is 10.5. The molecule has 0 heterocycles. The summed E-state index contributed by atoms with van der Waals surface area (Å²) in [5.74, 6) is -5.06. The van der Waals surface area contributed by atoms with Crippen LogP contribution in [-0.2, 0) is 4.79 Å². The van der Waals surface area contributed by atoms with E-state index >= 15 is 0 Å². The first-order valence-corrected chi connectivity index (χ1v) is 3.69. The Morgan fingerprint density at radius 3 is 2.50 bits per heavy atom. The van der Waals surface area contributed by atoms with E-state index in [0.717, 1.165) is 6.07 Å². The van der Waals surface area contributed by atoms with Gasteiger partial charge in [0.05, 0.1) is 12.2 Å². The van der Waals surface area contributed by atoms with Gasteiger partial charge in [-0.25, -0.2) is 13.2 Å². The maximum absolute atomic E-state index is 12.9. The smallest absolute Gasteiger partial charge is 0.238 e. The summed E-state index contributed by atoms with van der Waals surface area (Å²) in [4.78, 5) is 10.7. The number of anilines is 1. The van der Waals surface area contributed by atoms with Crippen LogP contribution >= 0.6 is 0 Å². The first-order valence-electron chi connectivity index (χ1n) is 3.69. The lowest BCUT2D eigenvalue weighted by Gasteiger charge is -2.05. The highest BCUT2D eigenvalue weighted by molar-refractivity contribution is 5.92. The molecule has 0 bridgehead atoms. The van der Waals surface area contributed by atoms with Crippen molar-refractivity contribution in [2.24, 2.45) is 5.73 Å². The molecule has 3 N–H and O–H groups in total. The van der Waals surface area contributed by atoms with E-state index in [-0.39, 0.29) is 6.54 Å². The van der Waals surface area contributed by atoms with Gasteiger partial charge >= 0.3 is 0 Å². The molecule has 1 amide bonds. The molecule has 1 aromatic carbocycles. The number of nitrogens with one attached hydrogen (secondary N) is 1. The molecule has 6 heteroatoms. The molecule has 1 aromatic rings. The number of halogens is 3.